The van der Waals surface area contributed by atoms with Gasteiger partial charge >= 0.3 is 0 Å². The zero-order valence-corrected chi connectivity index (χ0v) is 18.3. The van der Waals surface area contributed by atoms with Crippen LogP contribution in [0.2, 0.25) is 0 Å². The van der Waals surface area contributed by atoms with Gasteiger partial charge in [0.1, 0.15) is 12.1 Å². The van der Waals surface area contributed by atoms with E-state index in [1.165, 1.54) is 44.1 Å². The lowest BCUT2D eigenvalue weighted by atomic mass is 9.73. The minimum Gasteiger partial charge on any atom is -0.352 e. The molecule has 146 valence electrons. The van der Waals surface area contributed by atoms with Crippen molar-refractivity contribution in [3.8, 4) is 5.82 Å². The second-order valence-corrected chi connectivity index (χ2v) is 7.63. The van der Waals surface area contributed by atoms with Crippen LogP contribution in [0.15, 0.2) is 42.0 Å². The third-order valence-electron chi connectivity index (χ3n) is 5.89. The van der Waals surface area contributed by atoms with E-state index < -0.39 is 0 Å². The van der Waals surface area contributed by atoms with Crippen LogP contribution < -0.4 is 5.32 Å². The Morgan fingerprint density at radius 3 is 2.81 bits per heavy atom. The molecule has 0 bridgehead atoms. The van der Waals surface area contributed by atoms with Gasteiger partial charge in [0.25, 0.3) is 0 Å². The van der Waals surface area contributed by atoms with Gasteiger partial charge < -0.3 is 10.2 Å². The van der Waals surface area contributed by atoms with E-state index in [1.807, 2.05) is 30.1 Å². The molecule has 0 unspecified atom stereocenters. The Bertz CT molecular complexity index is 752. The van der Waals surface area contributed by atoms with E-state index in [4.69, 9.17) is 0 Å². The number of guanidine groups is 1. The minimum absolute atomic E-state index is 0. The fourth-order valence-electron chi connectivity index (χ4n) is 4.45. The van der Waals surface area contributed by atoms with Gasteiger partial charge in [-0.1, -0.05) is 19.3 Å². The first-order valence-electron chi connectivity index (χ1n) is 9.67. The zero-order chi connectivity index (χ0) is 17.8. The van der Waals surface area contributed by atoms with Crippen LogP contribution in [0.5, 0.6) is 0 Å². The first-order chi connectivity index (χ1) is 12.8. The third kappa shape index (κ3) is 4.62. The number of nitrogens with one attached hydrogen (secondary N) is 1. The number of hydrogen-bond donors (Lipinski definition) is 1. The number of pyridine rings is 1. The van der Waals surface area contributed by atoms with Crippen molar-refractivity contribution in [3.63, 3.8) is 0 Å². The molecule has 2 aliphatic rings. The summed E-state index contributed by atoms with van der Waals surface area (Å²) < 4.78 is 1.92. The van der Waals surface area contributed by atoms with Gasteiger partial charge in [0, 0.05) is 45.3 Å². The van der Waals surface area contributed by atoms with Gasteiger partial charge in [0.15, 0.2) is 5.96 Å². The van der Waals surface area contributed by atoms with E-state index >= 15 is 0 Å². The van der Waals surface area contributed by atoms with Crippen LogP contribution in [0, 0.1) is 5.41 Å². The highest BCUT2D eigenvalue weighted by Crippen LogP contribution is 2.43. The van der Waals surface area contributed by atoms with Crippen molar-refractivity contribution in [2.75, 3.05) is 20.1 Å². The first kappa shape index (κ1) is 20.1. The van der Waals surface area contributed by atoms with Crippen molar-refractivity contribution in [2.24, 2.45) is 10.4 Å². The molecular weight excluding hydrogens is 451 g/mol. The Morgan fingerprint density at radius 1 is 1.22 bits per heavy atom. The van der Waals surface area contributed by atoms with Crippen molar-refractivity contribution in [1.29, 1.82) is 0 Å². The molecule has 2 aromatic heterocycles. The summed E-state index contributed by atoms with van der Waals surface area (Å²) in [4.78, 5) is 15.5. The molecule has 3 heterocycles. The van der Waals surface area contributed by atoms with Crippen LogP contribution >= 0.6 is 24.0 Å². The average molecular weight is 480 g/mol. The second kappa shape index (κ2) is 9.03. The van der Waals surface area contributed by atoms with E-state index in [2.05, 4.69) is 31.2 Å². The lowest BCUT2D eigenvalue weighted by Gasteiger charge is -2.33. The summed E-state index contributed by atoms with van der Waals surface area (Å²) in [6.07, 6.45) is 15.6. The third-order valence-corrected chi connectivity index (χ3v) is 5.89. The van der Waals surface area contributed by atoms with Crippen molar-refractivity contribution in [1.82, 2.24) is 24.8 Å². The molecule has 27 heavy (non-hydrogen) atoms. The molecule has 2 aromatic rings. The SMILES string of the molecule is CN=C(NCc1ccnc(-n2ccnc2)c1)N1CCC2(CCCCC2)C1.I. The number of aliphatic imine (C=N–C) groups is 1. The molecule has 1 aliphatic carbocycles. The lowest BCUT2D eigenvalue weighted by molar-refractivity contribution is 0.203. The van der Waals surface area contributed by atoms with Crippen LogP contribution in [0.25, 0.3) is 5.82 Å². The Morgan fingerprint density at radius 2 is 2.07 bits per heavy atom. The molecule has 1 saturated carbocycles. The van der Waals surface area contributed by atoms with Gasteiger partial charge in [-0.3, -0.25) is 9.56 Å². The summed E-state index contributed by atoms with van der Waals surface area (Å²) in [6.45, 7) is 3.03. The summed E-state index contributed by atoms with van der Waals surface area (Å²) >= 11 is 0. The Balaban J connectivity index is 0.00000210. The number of imidazole rings is 1. The van der Waals surface area contributed by atoms with Gasteiger partial charge in [-0.15, -0.1) is 24.0 Å². The molecule has 1 spiro atoms. The van der Waals surface area contributed by atoms with Gasteiger partial charge in [0.05, 0.1) is 0 Å². The number of nitrogens with zero attached hydrogens (tertiary/aromatic N) is 5. The van der Waals surface area contributed by atoms with Gasteiger partial charge in [-0.05, 0) is 42.4 Å². The van der Waals surface area contributed by atoms with Crippen LogP contribution in [0.1, 0.15) is 44.1 Å². The molecule has 1 N–H and O–H groups in total. The summed E-state index contributed by atoms with van der Waals surface area (Å²) in [7, 11) is 1.89. The van der Waals surface area contributed by atoms with Crippen LogP contribution in [-0.4, -0.2) is 45.5 Å². The quantitative estimate of drug-likeness (QED) is 0.414. The Kier molecular flexibility index (Phi) is 6.73. The standard InChI is InChI=1S/C20H28N6.HI/c1-21-19(25-11-8-20(15-25)6-3-2-4-7-20)24-14-17-5-9-23-18(13-17)26-12-10-22-16-26;/h5,9-10,12-13,16H,2-4,6-8,11,14-15H2,1H3,(H,21,24);1H. The summed E-state index contributed by atoms with van der Waals surface area (Å²) in [5, 5.41) is 3.55. The van der Waals surface area contributed by atoms with Crippen molar-refractivity contribution in [2.45, 2.75) is 45.1 Å². The normalized spacial score (nSPS) is 19.1. The fraction of sp³-hybridized carbons (Fsp3) is 0.550. The van der Waals surface area contributed by atoms with E-state index in [0.29, 0.717) is 5.41 Å². The Labute approximate surface area is 178 Å². The van der Waals surface area contributed by atoms with E-state index in [0.717, 1.165) is 31.4 Å². The lowest BCUT2D eigenvalue weighted by Crippen LogP contribution is -2.41. The van der Waals surface area contributed by atoms with Gasteiger partial charge in [-0.25, -0.2) is 9.97 Å². The van der Waals surface area contributed by atoms with E-state index in [-0.39, 0.29) is 24.0 Å². The predicted molar refractivity (Wildman–Crippen MR) is 119 cm³/mol. The molecule has 1 aliphatic heterocycles. The highest BCUT2D eigenvalue weighted by molar-refractivity contribution is 14.0. The van der Waals surface area contributed by atoms with Crippen LogP contribution in [-0.2, 0) is 6.54 Å². The minimum atomic E-state index is 0. The fourth-order valence-corrected chi connectivity index (χ4v) is 4.45. The van der Waals surface area contributed by atoms with Gasteiger partial charge in [-0.2, -0.15) is 0 Å². The smallest absolute Gasteiger partial charge is 0.193 e. The number of hydrogen-bond acceptors (Lipinski definition) is 3. The predicted octanol–water partition coefficient (Wildman–Crippen LogP) is 3.62. The number of likely N-dealkylation sites (tertiary alicyclic amines) is 1. The van der Waals surface area contributed by atoms with Crippen LogP contribution in [0.4, 0.5) is 0 Å². The van der Waals surface area contributed by atoms with E-state index in [9.17, 15) is 0 Å². The van der Waals surface area contributed by atoms with Crippen molar-refractivity contribution >= 4 is 29.9 Å². The molecule has 0 atom stereocenters. The maximum Gasteiger partial charge on any atom is 0.193 e. The average Bonchev–Trinajstić information content (AvgIpc) is 3.34. The highest BCUT2D eigenvalue weighted by atomic mass is 127. The maximum atomic E-state index is 4.54. The monoisotopic (exact) mass is 480 g/mol. The summed E-state index contributed by atoms with van der Waals surface area (Å²) in [5.41, 5.74) is 1.73. The molecule has 0 amide bonds. The van der Waals surface area contributed by atoms with Crippen LogP contribution in [0.3, 0.4) is 0 Å². The number of aromatic nitrogens is 3. The molecule has 6 nitrogen and oxygen atoms in total. The molecule has 4 rings (SSSR count). The van der Waals surface area contributed by atoms with Crippen molar-refractivity contribution in [3.05, 3.63) is 42.6 Å². The first-order valence-corrected chi connectivity index (χ1v) is 9.67. The molecule has 1 saturated heterocycles. The largest absolute Gasteiger partial charge is 0.352 e. The van der Waals surface area contributed by atoms with E-state index in [1.54, 1.807) is 12.5 Å². The molecule has 0 aromatic carbocycles. The number of halogens is 1. The second-order valence-electron chi connectivity index (χ2n) is 7.63. The molecule has 0 radical (unpaired) electrons. The summed E-state index contributed by atoms with van der Waals surface area (Å²) in [5.74, 6) is 1.91. The maximum absolute atomic E-state index is 4.54. The molecule has 7 heteroatoms. The Hall–Kier alpha value is -1.64. The van der Waals surface area contributed by atoms with Gasteiger partial charge in [0.2, 0.25) is 0 Å². The molecule has 2 fully saturated rings. The van der Waals surface area contributed by atoms with Crippen molar-refractivity contribution < 1.29 is 0 Å². The zero-order valence-electron chi connectivity index (χ0n) is 16.0. The summed E-state index contributed by atoms with van der Waals surface area (Å²) in [6, 6.07) is 4.14. The number of rotatable bonds is 3. The highest BCUT2D eigenvalue weighted by Gasteiger charge is 2.39. The topological polar surface area (TPSA) is 58.3 Å². The molecular formula is C20H29IN6.